The minimum atomic E-state index is -0.484. The number of nitro groups is 1. The van der Waals surface area contributed by atoms with E-state index in [4.69, 9.17) is 14.1 Å². The molecule has 0 radical (unpaired) electrons. The molecule has 0 unspecified atom stereocenters. The van der Waals surface area contributed by atoms with Crippen LogP contribution in [0.15, 0.2) is 65.4 Å². The molecule has 2 aromatic carbocycles. The van der Waals surface area contributed by atoms with E-state index in [0.29, 0.717) is 47.2 Å². The fourth-order valence-corrected chi connectivity index (χ4v) is 3.87. The fourth-order valence-electron chi connectivity index (χ4n) is 3.87. The number of aryl methyl sites for hydroxylation is 1. The monoisotopic (exact) mass is 486 g/mol. The number of aromatic nitrogens is 4. The third kappa shape index (κ3) is 4.59. The van der Waals surface area contributed by atoms with Crippen molar-refractivity contribution in [3.63, 3.8) is 0 Å². The van der Waals surface area contributed by atoms with Gasteiger partial charge in [0.15, 0.2) is 0 Å². The van der Waals surface area contributed by atoms with Crippen LogP contribution in [-0.4, -0.2) is 43.7 Å². The summed E-state index contributed by atoms with van der Waals surface area (Å²) in [6.45, 7) is 0.0519. The molecule has 11 heteroatoms. The molecule has 0 amide bonds. The number of aliphatic hydroxyl groups excluding tert-OH is 1. The van der Waals surface area contributed by atoms with E-state index in [-0.39, 0.29) is 18.2 Å². The highest BCUT2D eigenvalue weighted by atomic mass is 16.6. The predicted molar refractivity (Wildman–Crippen MR) is 133 cm³/mol. The van der Waals surface area contributed by atoms with Crippen LogP contribution in [0.1, 0.15) is 12.2 Å². The van der Waals surface area contributed by atoms with Crippen molar-refractivity contribution in [1.29, 1.82) is 0 Å². The molecule has 0 aliphatic carbocycles. The third-order valence-corrected chi connectivity index (χ3v) is 5.61. The lowest BCUT2D eigenvalue weighted by Crippen LogP contribution is -2.01. The van der Waals surface area contributed by atoms with Gasteiger partial charge in [-0.15, -0.1) is 0 Å². The highest BCUT2D eigenvalue weighted by Crippen LogP contribution is 2.34. The molecule has 0 fully saturated rings. The summed E-state index contributed by atoms with van der Waals surface area (Å²) in [4.78, 5) is 27.7. The molecular formula is C25H22N6O5. The number of imidazole rings is 1. The summed E-state index contributed by atoms with van der Waals surface area (Å²) in [5.41, 5.74) is 3.76. The van der Waals surface area contributed by atoms with Gasteiger partial charge < -0.3 is 24.6 Å². The number of nitrogens with one attached hydrogen (secondary N) is 2. The Hall–Kier alpha value is -4.77. The molecule has 3 aromatic heterocycles. The highest BCUT2D eigenvalue weighted by molar-refractivity contribution is 5.86. The number of nitro benzene ring substituents is 1. The number of hydrogen-bond acceptors (Lipinski definition) is 9. The summed E-state index contributed by atoms with van der Waals surface area (Å²) in [5, 5.41) is 24.5. The van der Waals surface area contributed by atoms with Crippen molar-refractivity contribution < 1.29 is 19.2 Å². The van der Waals surface area contributed by atoms with Gasteiger partial charge in [0.1, 0.15) is 17.2 Å². The molecule has 0 bridgehead atoms. The number of hydrogen-bond donors (Lipinski definition) is 3. The SMILES string of the molecule is COc1ccc([N+](=O)[O-])cc1Nc1nccc(-c2[nH]c(CCCO)nc2-c2ccc3ccoc3c2)n1. The van der Waals surface area contributed by atoms with E-state index in [2.05, 4.69) is 20.3 Å². The molecule has 5 rings (SSSR count). The number of ether oxygens (including phenoxy) is 1. The van der Waals surface area contributed by atoms with Crippen molar-refractivity contribution in [2.75, 3.05) is 19.0 Å². The maximum atomic E-state index is 11.2. The van der Waals surface area contributed by atoms with Gasteiger partial charge in [0.25, 0.3) is 5.69 Å². The zero-order chi connectivity index (χ0) is 25.1. The highest BCUT2D eigenvalue weighted by Gasteiger charge is 2.18. The molecule has 11 nitrogen and oxygen atoms in total. The van der Waals surface area contributed by atoms with Gasteiger partial charge in [-0.2, -0.15) is 0 Å². The Labute approximate surface area is 205 Å². The Bertz CT molecular complexity index is 1540. The van der Waals surface area contributed by atoms with Crippen LogP contribution in [0.3, 0.4) is 0 Å². The number of benzene rings is 2. The van der Waals surface area contributed by atoms with Gasteiger partial charge in [-0.05, 0) is 30.7 Å². The van der Waals surface area contributed by atoms with Crippen LogP contribution < -0.4 is 10.1 Å². The quantitative estimate of drug-likeness (QED) is 0.196. The second kappa shape index (κ2) is 9.84. The normalized spacial score (nSPS) is 11.1. The van der Waals surface area contributed by atoms with Crippen LogP contribution >= 0.6 is 0 Å². The van der Waals surface area contributed by atoms with E-state index in [0.717, 1.165) is 16.5 Å². The number of non-ortho nitro benzene ring substituents is 1. The summed E-state index contributed by atoms with van der Waals surface area (Å²) in [7, 11) is 1.48. The number of fused-ring (bicyclic) bond motifs is 1. The number of aliphatic hydroxyl groups is 1. The Morgan fingerprint density at radius 3 is 2.86 bits per heavy atom. The van der Waals surface area contributed by atoms with Crippen LogP contribution in [-0.2, 0) is 6.42 Å². The van der Waals surface area contributed by atoms with Gasteiger partial charge in [0.05, 0.1) is 41.1 Å². The lowest BCUT2D eigenvalue weighted by atomic mass is 10.1. The number of aromatic amines is 1. The van der Waals surface area contributed by atoms with E-state index in [9.17, 15) is 15.2 Å². The molecule has 5 aromatic rings. The average Bonchev–Trinajstić information content (AvgIpc) is 3.54. The minimum Gasteiger partial charge on any atom is -0.495 e. The zero-order valence-electron chi connectivity index (χ0n) is 19.3. The topological polar surface area (TPSA) is 152 Å². The summed E-state index contributed by atoms with van der Waals surface area (Å²) in [6, 6.07) is 13.7. The van der Waals surface area contributed by atoms with Gasteiger partial charge in [0, 0.05) is 42.3 Å². The summed E-state index contributed by atoms with van der Waals surface area (Å²) >= 11 is 0. The Morgan fingerprint density at radius 2 is 2.06 bits per heavy atom. The molecule has 0 saturated heterocycles. The molecule has 0 aliphatic rings. The van der Waals surface area contributed by atoms with E-state index in [1.807, 2.05) is 24.3 Å². The summed E-state index contributed by atoms with van der Waals surface area (Å²) in [5.74, 6) is 1.35. The number of furan rings is 1. The number of nitrogens with zero attached hydrogens (tertiary/aromatic N) is 4. The molecule has 0 aliphatic heterocycles. The third-order valence-electron chi connectivity index (χ3n) is 5.61. The van der Waals surface area contributed by atoms with Crippen molar-refractivity contribution in [2.24, 2.45) is 0 Å². The van der Waals surface area contributed by atoms with Gasteiger partial charge in [-0.1, -0.05) is 12.1 Å². The van der Waals surface area contributed by atoms with E-state index < -0.39 is 4.92 Å². The average molecular weight is 486 g/mol. The second-order valence-corrected chi connectivity index (χ2v) is 7.94. The zero-order valence-corrected chi connectivity index (χ0v) is 19.3. The summed E-state index contributed by atoms with van der Waals surface area (Å²) < 4.78 is 10.9. The van der Waals surface area contributed by atoms with Crippen LogP contribution in [0.2, 0.25) is 0 Å². The van der Waals surface area contributed by atoms with Gasteiger partial charge >= 0.3 is 0 Å². The molecule has 3 N–H and O–H groups in total. The first-order valence-electron chi connectivity index (χ1n) is 11.2. The van der Waals surface area contributed by atoms with Gasteiger partial charge in [-0.3, -0.25) is 10.1 Å². The minimum absolute atomic E-state index is 0.0519. The molecule has 0 atom stereocenters. The smallest absolute Gasteiger partial charge is 0.271 e. The van der Waals surface area contributed by atoms with Crippen molar-refractivity contribution >= 4 is 28.3 Å². The van der Waals surface area contributed by atoms with Gasteiger partial charge in [-0.25, -0.2) is 15.0 Å². The molecule has 3 heterocycles. The number of methoxy groups -OCH3 is 1. The maximum Gasteiger partial charge on any atom is 0.271 e. The standard InChI is InChI=1S/C25H22N6O5/c1-35-20-7-6-17(31(33)34)14-19(20)28-25-26-10-8-18(27-25)24-23(29-22(30-24)3-2-11-32)16-5-4-15-9-12-36-21(15)13-16/h4-10,12-14,32H,2-3,11H2,1H3,(H,29,30)(H,26,27,28). The largest absolute Gasteiger partial charge is 0.495 e. The van der Waals surface area contributed by atoms with Crippen molar-refractivity contribution in [3.05, 3.63) is 76.9 Å². The van der Waals surface area contributed by atoms with Gasteiger partial charge in [0.2, 0.25) is 5.95 Å². The van der Waals surface area contributed by atoms with Crippen molar-refractivity contribution in [2.45, 2.75) is 12.8 Å². The Kier molecular flexibility index (Phi) is 6.29. The van der Waals surface area contributed by atoms with E-state index >= 15 is 0 Å². The van der Waals surface area contributed by atoms with E-state index in [1.165, 1.54) is 25.3 Å². The fraction of sp³-hybridized carbons (Fsp3) is 0.160. The second-order valence-electron chi connectivity index (χ2n) is 7.94. The first-order chi connectivity index (χ1) is 17.6. The lowest BCUT2D eigenvalue weighted by molar-refractivity contribution is -0.384. The summed E-state index contributed by atoms with van der Waals surface area (Å²) in [6.07, 6.45) is 4.35. The molecule has 0 saturated carbocycles. The number of H-pyrrole nitrogens is 1. The molecule has 182 valence electrons. The van der Waals surface area contributed by atoms with Crippen LogP contribution in [0, 0.1) is 10.1 Å². The van der Waals surface area contributed by atoms with Crippen molar-refractivity contribution in [1.82, 2.24) is 19.9 Å². The van der Waals surface area contributed by atoms with E-state index in [1.54, 1.807) is 18.5 Å². The predicted octanol–water partition coefficient (Wildman–Crippen LogP) is 4.87. The van der Waals surface area contributed by atoms with Crippen LogP contribution in [0.4, 0.5) is 17.3 Å². The first kappa shape index (κ1) is 23.0. The molecule has 0 spiro atoms. The molecular weight excluding hydrogens is 464 g/mol. The maximum absolute atomic E-state index is 11.2. The first-order valence-corrected chi connectivity index (χ1v) is 11.2. The van der Waals surface area contributed by atoms with Crippen LogP contribution in [0.25, 0.3) is 33.6 Å². The Morgan fingerprint density at radius 1 is 1.17 bits per heavy atom. The van der Waals surface area contributed by atoms with Crippen molar-refractivity contribution in [3.8, 4) is 28.4 Å². The van der Waals surface area contributed by atoms with Crippen LogP contribution in [0.5, 0.6) is 5.75 Å². The molecule has 36 heavy (non-hydrogen) atoms. The number of anilines is 2. The number of rotatable bonds is 9. The Balaban J connectivity index is 1.55. The lowest BCUT2D eigenvalue weighted by Gasteiger charge is -2.10.